The molecule has 0 unspecified atom stereocenters. The monoisotopic (exact) mass is 482 g/mol. The summed E-state index contributed by atoms with van der Waals surface area (Å²) in [6.07, 6.45) is 0.0400. The van der Waals surface area contributed by atoms with Crippen molar-refractivity contribution in [2.24, 2.45) is 0 Å². The molecular weight excluding hydrogens is 463 g/mol. The van der Waals surface area contributed by atoms with Gasteiger partial charge in [-0.2, -0.15) is 5.10 Å². The van der Waals surface area contributed by atoms with Crippen LogP contribution in [0.2, 0.25) is 0 Å². The molecule has 0 bridgehead atoms. The van der Waals surface area contributed by atoms with Crippen LogP contribution in [0, 0.1) is 5.82 Å². The minimum Gasteiger partial charge on any atom is -0.464 e. The van der Waals surface area contributed by atoms with E-state index >= 15 is 0 Å². The summed E-state index contributed by atoms with van der Waals surface area (Å²) in [6.45, 7) is 0. The average molecular weight is 482 g/mol. The molecule has 4 aromatic rings. The fourth-order valence-corrected chi connectivity index (χ4v) is 4.31. The molecule has 0 atom stereocenters. The maximum Gasteiger partial charge on any atom is 0.359 e. The van der Waals surface area contributed by atoms with E-state index in [0.717, 1.165) is 12.1 Å². The number of nitrogens with one attached hydrogen (secondary N) is 3. The van der Waals surface area contributed by atoms with Crippen molar-refractivity contribution in [1.82, 2.24) is 10.2 Å². The number of rotatable bonds is 7. The Morgan fingerprint density at radius 1 is 1.00 bits per heavy atom. The van der Waals surface area contributed by atoms with E-state index in [1.54, 1.807) is 30.3 Å². The third-order valence-electron chi connectivity index (χ3n) is 4.92. The first-order valence-corrected chi connectivity index (χ1v) is 11.5. The number of methoxy groups -OCH3 is 1. The van der Waals surface area contributed by atoms with Gasteiger partial charge in [-0.1, -0.05) is 12.1 Å². The number of aromatic nitrogens is 2. The van der Waals surface area contributed by atoms with Crippen LogP contribution in [0.1, 0.15) is 16.1 Å². The second kappa shape index (κ2) is 9.32. The second-order valence-corrected chi connectivity index (χ2v) is 8.99. The summed E-state index contributed by atoms with van der Waals surface area (Å²) in [7, 11) is -2.61. The third kappa shape index (κ3) is 5.04. The number of esters is 1. The Balaban J connectivity index is 1.41. The van der Waals surface area contributed by atoms with E-state index in [4.69, 9.17) is 4.74 Å². The van der Waals surface area contributed by atoms with Crippen molar-refractivity contribution in [1.29, 1.82) is 0 Å². The zero-order valence-electron chi connectivity index (χ0n) is 17.8. The number of hydrogen-bond donors (Lipinski definition) is 3. The molecule has 3 aromatic carbocycles. The van der Waals surface area contributed by atoms with Crippen LogP contribution in [-0.2, 0) is 26.0 Å². The molecule has 0 aliphatic carbocycles. The number of aromatic amines is 1. The Morgan fingerprint density at radius 2 is 1.68 bits per heavy atom. The molecule has 0 aliphatic heterocycles. The topological polar surface area (TPSA) is 130 Å². The molecular formula is C23H19FN4O5S. The van der Waals surface area contributed by atoms with Gasteiger partial charge in [-0.25, -0.2) is 17.6 Å². The number of amides is 1. The van der Waals surface area contributed by atoms with Gasteiger partial charge in [0.1, 0.15) is 5.82 Å². The number of ether oxygens (including phenoxy) is 1. The van der Waals surface area contributed by atoms with Crippen LogP contribution in [0.3, 0.4) is 0 Å². The van der Waals surface area contributed by atoms with Crippen molar-refractivity contribution in [2.45, 2.75) is 11.3 Å². The molecule has 0 fully saturated rings. The first-order valence-electron chi connectivity index (χ1n) is 9.99. The van der Waals surface area contributed by atoms with E-state index in [-0.39, 0.29) is 22.9 Å². The Labute approximate surface area is 194 Å². The summed E-state index contributed by atoms with van der Waals surface area (Å²) in [5, 5.41) is 9.94. The summed E-state index contributed by atoms with van der Waals surface area (Å²) in [5.41, 5.74) is 2.17. The molecule has 1 amide bonds. The van der Waals surface area contributed by atoms with Gasteiger partial charge < -0.3 is 10.1 Å². The lowest BCUT2D eigenvalue weighted by Crippen LogP contribution is -2.15. The number of halogens is 1. The lowest BCUT2D eigenvalue weighted by Gasteiger charge is -2.09. The molecule has 0 radical (unpaired) electrons. The molecule has 0 aliphatic rings. The molecule has 0 spiro atoms. The maximum absolute atomic E-state index is 13.0. The van der Waals surface area contributed by atoms with Gasteiger partial charge in [0.15, 0.2) is 5.69 Å². The Hall–Kier alpha value is -4.25. The number of sulfonamides is 1. The first kappa shape index (κ1) is 22.9. The Kier molecular flexibility index (Phi) is 6.28. The van der Waals surface area contributed by atoms with Gasteiger partial charge in [0.05, 0.1) is 23.9 Å². The Bertz CT molecular complexity index is 1470. The minimum absolute atomic E-state index is 0.0400. The molecule has 9 nitrogen and oxygen atoms in total. The van der Waals surface area contributed by atoms with Crippen molar-refractivity contribution in [2.75, 3.05) is 17.1 Å². The SMILES string of the molecule is COC(=O)c1n[nH]c2ccc(NC(=O)Cc3ccc(NS(=O)(=O)c4ccc(F)cc4)cc3)cc12. The predicted molar refractivity (Wildman–Crippen MR) is 123 cm³/mol. The highest BCUT2D eigenvalue weighted by Crippen LogP contribution is 2.22. The van der Waals surface area contributed by atoms with Gasteiger partial charge in [-0.05, 0) is 60.2 Å². The summed E-state index contributed by atoms with van der Waals surface area (Å²) in [4.78, 5) is 24.2. The van der Waals surface area contributed by atoms with E-state index in [1.165, 1.54) is 31.4 Å². The van der Waals surface area contributed by atoms with Gasteiger partial charge in [0.25, 0.3) is 10.0 Å². The molecule has 0 saturated heterocycles. The van der Waals surface area contributed by atoms with Gasteiger partial charge in [0.2, 0.25) is 5.91 Å². The predicted octanol–water partition coefficient (Wildman–Crippen LogP) is 3.47. The number of carbonyl (C=O) groups is 2. The van der Waals surface area contributed by atoms with E-state index in [0.29, 0.717) is 27.8 Å². The van der Waals surface area contributed by atoms with Crippen molar-refractivity contribution in [3.8, 4) is 0 Å². The lowest BCUT2D eigenvalue weighted by atomic mass is 10.1. The van der Waals surface area contributed by atoms with E-state index in [9.17, 15) is 22.4 Å². The molecule has 11 heteroatoms. The van der Waals surface area contributed by atoms with Gasteiger partial charge in [0, 0.05) is 16.8 Å². The summed E-state index contributed by atoms with van der Waals surface area (Å²) in [6, 6.07) is 15.8. The molecule has 174 valence electrons. The van der Waals surface area contributed by atoms with Gasteiger partial charge in [-0.15, -0.1) is 0 Å². The molecule has 34 heavy (non-hydrogen) atoms. The standard InChI is InChI=1S/C23H19FN4O5S/c1-33-23(30)22-19-13-17(8-11-20(19)26-27-22)25-21(29)12-14-2-6-16(7-3-14)28-34(31,32)18-9-4-15(24)5-10-18/h2-11,13,28H,12H2,1H3,(H,25,29)(H,26,27). The zero-order chi connectivity index (χ0) is 24.3. The molecule has 1 aromatic heterocycles. The maximum atomic E-state index is 13.0. The highest BCUT2D eigenvalue weighted by molar-refractivity contribution is 7.92. The van der Waals surface area contributed by atoms with Gasteiger partial charge >= 0.3 is 5.97 Å². The number of anilines is 2. The van der Waals surface area contributed by atoms with E-state index in [2.05, 4.69) is 20.2 Å². The number of hydrogen-bond acceptors (Lipinski definition) is 6. The first-order chi connectivity index (χ1) is 16.2. The fraction of sp³-hybridized carbons (Fsp3) is 0.0870. The van der Waals surface area contributed by atoms with Crippen LogP contribution in [0.4, 0.5) is 15.8 Å². The second-order valence-electron chi connectivity index (χ2n) is 7.31. The zero-order valence-corrected chi connectivity index (χ0v) is 18.6. The smallest absolute Gasteiger partial charge is 0.359 e. The number of benzene rings is 3. The largest absolute Gasteiger partial charge is 0.464 e. The summed E-state index contributed by atoms with van der Waals surface area (Å²) < 4.78 is 45.0. The lowest BCUT2D eigenvalue weighted by molar-refractivity contribution is -0.115. The van der Waals surface area contributed by atoms with Crippen molar-refractivity contribution in [3.05, 3.63) is 83.8 Å². The number of fused-ring (bicyclic) bond motifs is 1. The summed E-state index contributed by atoms with van der Waals surface area (Å²) in [5.74, 6) is -1.43. The number of nitrogens with zero attached hydrogens (tertiary/aromatic N) is 1. The van der Waals surface area contributed by atoms with Crippen molar-refractivity contribution >= 4 is 44.2 Å². The van der Waals surface area contributed by atoms with Gasteiger partial charge in [-0.3, -0.25) is 14.6 Å². The van der Waals surface area contributed by atoms with E-state index < -0.39 is 21.8 Å². The molecule has 1 heterocycles. The van der Waals surface area contributed by atoms with Crippen LogP contribution < -0.4 is 10.0 Å². The van der Waals surface area contributed by atoms with Crippen LogP contribution in [0.5, 0.6) is 0 Å². The molecule has 3 N–H and O–H groups in total. The number of carbonyl (C=O) groups excluding carboxylic acids is 2. The average Bonchev–Trinajstić information content (AvgIpc) is 3.23. The molecule has 0 saturated carbocycles. The van der Waals surface area contributed by atoms with Crippen LogP contribution >= 0.6 is 0 Å². The summed E-state index contributed by atoms with van der Waals surface area (Å²) >= 11 is 0. The third-order valence-corrected chi connectivity index (χ3v) is 6.32. The van der Waals surface area contributed by atoms with Crippen LogP contribution in [-0.4, -0.2) is 37.6 Å². The van der Waals surface area contributed by atoms with Crippen LogP contribution in [0.15, 0.2) is 71.6 Å². The van der Waals surface area contributed by atoms with Crippen LogP contribution in [0.25, 0.3) is 10.9 Å². The van der Waals surface area contributed by atoms with Crippen molar-refractivity contribution in [3.63, 3.8) is 0 Å². The van der Waals surface area contributed by atoms with Crippen molar-refractivity contribution < 1.29 is 27.1 Å². The quantitative estimate of drug-likeness (QED) is 0.346. The normalized spacial score (nSPS) is 11.2. The number of H-pyrrole nitrogens is 1. The highest BCUT2D eigenvalue weighted by atomic mass is 32.2. The Morgan fingerprint density at radius 3 is 2.35 bits per heavy atom. The van der Waals surface area contributed by atoms with E-state index in [1.807, 2.05) is 0 Å². The molecule has 4 rings (SSSR count). The highest BCUT2D eigenvalue weighted by Gasteiger charge is 2.16. The minimum atomic E-state index is -3.87. The fourth-order valence-electron chi connectivity index (χ4n) is 3.25.